The van der Waals surface area contributed by atoms with E-state index in [0.717, 1.165) is 45.3 Å². The van der Waals surface area contributed by atoms with Gasteiger partial charge in [0.05, 0.1) is 6.04 Å². The summed E-state index contributed by atoms with van der Waals surface area (Å²) in [6.07, 6.45) is 4.33. The molecule has 27 heavy (non-hydrogen) atoms. The molecule has 2 heterocycles. The fraction of sp³-hybridized carbons (Fsp3) is 0.435. The summed E-state index contributed by atoms with van der Waals surface area (Å²) in [7, 11) is 0. The van der Waals surface area contributed by atoms with Gasteiger partial charge < -0.3 is 10.2 Å². The molecule has 1 amide bonds. The van der Waals surface area contributed by atoms with Crippen LogP contribution in [0.2, 0.25) is 0 Å². The number of piperidine rings is 1. The Labute approximate surface area is 167 Å². The Hall–Kier alpha value is -1.84. The van der Waals surface area contributed by atoms with Gasteiger partial charge in [0.1, 0.15) is 0 Å². The smallest absolute Gasteiger partial charge is 0.227 e. The molecule has 5 rings (SSSR count). The van der Waals surface area contributed by atoms with Gasteiger partial charge >= 0.3 is 0 Å². The highest BCUT2D eigenvalue weighted by molar-refractivity contribution is 5.85. The van der Waals surface area contributed by atoms with Crippen molar-refractivity contribution in [2.24, 2.45) is 11.3 Å². The van der Waals surface area contributed by atoms with Crippen LogP contribution in [0.4, 0.5) is 0 Å². The molecule has 3 nitrogen and oxygen atoms in total. The van der Waals surface area contributed by atoms with Crippen molar-refractivity contribution >= 4 is 18.3 Å². The number of amides is 1. The van der Waals surface area contributed by atoms with Crippen LogP contribution in [0.1, 0.15) is 42.0 Å². The van der Waals surface area contributed by atoms with Crippen LogP contribution in [0.25, 0.3) is 0 Å². The van der Waals surface area contributed by atoms with E-state index in [4.69, 9.17) is 0 Å². The summed E-state index contributed by atoms with van der Waals surface area (Å²) in [4.78, 5) is 15.7. The molecular weight excluding hydrogens is 356 g/mol. The van der Waals surface area contributed by atoms with Crippen molar-refractivity contribution in [1.82, 2.24) is 10.2 Å². The highest BCUT2D eigenvalue weighted by atomic mass is 35.5. The van der Waals surface area contributed by atoms with E-state index in [1.54, 1.807) is 0 Å². The Bertz CT molecular complexity index is 816. The van der Waals surface area contributed by atoms with Crippen LogP contribution in [-0.2, 0) is 17.8 Å². The Morgan fingerprint density at radius 2 is 1.63 bits per heavy atom. The number of halogens is 1. The molecule has 1 saturated heterocycles. The highest BCUT2D eigenvalue weighted by Crippen LogP contribution is 2.59. The summed E-state index contributed by atoms with van der Waals surface area (Å²) in [5, 5.41) is 3.44. The van der Waals surface area contributed by atoms with Crippen LogP contribution in [0, 0.1) is 11.3 Å². The second-order valence-electron chi connectivity index (χ2n) is 8.23. The molecule has 2 atom stereocenters. The third-order valence-corrected chi connectivity index (χ3v) is 6.80. The zero-order valence-electron chi connectivity index (χ0n) is 15.6. The van der Waals surface area contributed by atoms with E-state index in [2.05, 4.69) is 64.8 Å². The maximum absolute atomic E-state index is 13.5. The molecule has 1 N–H and O–H groups in total. The largest absolute Gasteiger partial charge is 0.331 e. The number of carbonyl (C=O) groups excluding carboxylic acids is 1. The first-order valence-electron chi connectivity index (χ1n) is 9.90. The maximum Gasteiger partial charge on any atom is 0.227 e. The summed E-state index contributed by atoms with van der Waals surface area (Å²) in [6.45, 7) is 2.88. The van der Waals surface area contributed by atoms with E-state index in [1.165, 1.54) is 16.7 Å². The van der Waals surface area contributed by atoms with Gasteiger partial charge in [-0.15, -0.1) is 12.4 Å². The fourth-order valence-corrected chi connectivity index (χ4v) is 5.10. The first-order valence-corrected chi connectivity index (χ1v) is 9.90. The lowest BCUT2D eigenvalue weighted by Gasteiger charge is -2.38. The molecular formula is C23H27ClN2O. The number of benzene rings is 2. The molecule has 2 aliphatic heterocycles. The van der Waals surface area contributed by atoms with Gasteiger partial charge in [0.2, 0.25) is 5.91 Å². The molecule has 2 aromatic carbocycles. The number of hydrogen-bond donors (Lipinski definition) is 1. The van der Waals surface area contributed by atoms with Crippen molar-refractivity contribution in [3.63, 3.8) is 0 Å². The predicted molar refractivity (Wildman–Crippen MR) is 110 cm³/mol. The minimum Gasteiger partial charge on any atom is -0.331 e. The second kappa shape index (κ2) is 7.29. The van der Waals surface area contributed by atoms with Crippen molar-refractivity contribution in [3.05, 3.63) is 71.3 Å². The number of fused-ring (bicyclic) bond motifs is 1. The average molecular weight is 383 g/mol. The minimum atomic E-state index is 0. The maximum atomic E-state index is 13.5. The molecule has 142 valence electrons. The molecule has 4 heteroatoms. The first-order chi connectivity index (χ1) is 12.8. The van der Waals surface area contributed by atoms with Crippen LogP contribution < -0.4 is 5.32 Å². The van der Waals surface area contributed by atoms with Gasteiger partial charge in [0.25, 0.3) is 0 Å². The van der Waals surface area contributed by atoms with Crippen LogP contribution in [-0.4, -0.2) is 23.9 Å². The first kappa shape index (κ1) is 18.5. The van der Waals surface area contributed by atoms with Gasteiger partial charge in [-0.1, -0.05) is 54.6 Å². The number of hydrogen-bond acceptors (Lipinski definition) is 2. The van der Waals surface area contributed by atoms with Crippen LogP contribution >= 0.6 is 12.4 Å². The van der Waals surface area contributed by atoms with E-state index in [0.29, 0.717) is 11.3 Å². The lowest BCUT2D eigenvalue weighted by atomic mass is 9.88. The third kappa shape index (κ3) is 3.28. The fourth-order valence-electron chi connectivity index (χ4n) is 5.10. The summed E-state index contributed by atoms with van der Waals surface area (Å²) in [5.74, 6) is 0.622. The van der Waals surface area contributed by atoms with Crippen molar-refractivity contribution in [3.8, 4) is 0 Å². The van der Waals surface area contributed by atoms with Gasteiger partial charge in [-0.25, -0.2) is 0 Å². The van der Waals surface area contributed by atoms with Gasteiger partial charge in [0.15, 0.2) is 0 Å². The zero-order chi connectivity index (χ0) is 17.6. The molecule has 2 unspecified atom stereocenters. The molecule has 2 fully saturated rings. The van der Waals surface area contributed by atoms with Gasteiger partial charge in [-0.2, -0.15) is 0 Å². The molecule has 1 spiro atoms. The molecule has 0 aromatic heterocycles. The standard InChI is InChI=1S/C23H26N2O.ClH/c26-22(20-15-23(20)10-12-24-13-11-23)25-16-19-9-5-4-8-18(19)14-21(25)17-6-2-1-3-7-17;/h1-9,20-21,24H,10-16H2;1H. The Morgan fingerprint density at radius 1 is 0.963 bits per heavy atom. The van der Waals surface area contributed by atoms with Crippen molar-refractivity contribution in [2.45, 2.75) is 38.3 Å². The molecule has 1 aliphatic carbocycles. The number of carbonyl (C=O) groups is 1. The number of nitrogens with one attached hydrogen (secondary N) is 1. The predicted octanol–water partition coefficient (Wildman–Crippen LogP) is 4.12. The molecule has 0 radical (unpaired) electrons. The Kier molecular flexibility index (Phi) is 5.00. The Balaban J connectivity index is 0.00000180. The van der Waals surface area contributed by atoms with Crippen LogP contribution in [0.5, 0.6) is 0 Å². The van der Waals surface area contributed by atoms with E-state index in [9.17, 15) is 4.79 Å². The number of rotatable bonds is 2. The highest BCUT2D eigenvalue weighted by Gasteiger charge is 2.59. The minimum absolute atomic E-state index is 0. The number of nitrogens with zero attached hydrogens (tertiary/aromatic N) is 1. The summed E-state index contributed by atoms with van der Waals surface area (Å²) in [6, 6.07) is 19.4. The van der Waals surface area contributed by atoms with E-state index in [-0.39, 0.29) is 24.4 Å². The normalized spacial score (nSPS) is 25.4. The lowest BCUT2D eigenvalue weighted by Crippen LogP contribution is -2.41. The van der Waals surface area contributed by atoms with Gasteiger partial charge in [0, 0.05) is 12.5 Å². The third-order valence-electron chi connectivity index (χ3n) is 6.80. The van der Waals surface area contributed by atoms with Gasteiger partial charge in [-0.05, 0) is 60.9 Å². The van der Waals surface area contributed by atoms with Gasteiger partial charge in [-0.3, -0.25) is 4.79 Å². The van der Waals surface area contributed by atoms with Crippen molar-refractivity contribution in [2.75, 3.05) is 13.1 Å². The van der Waals surface area contributed by atoms with E-state index in [1.807, 2.05) is 0 Å². The molecule has 1 saturated carbocycles. The SMILES string of the molecule is Cl.O=C(C1CC12CCNCC2)N1Cc2ccccc2CC1c1ccccc1. The van der Waals surface area contributed by atoms with Crippen molar-refractivity contribution in [1.29, 1.82) is 0 Å². The van der Waals surface area contributed by atoms with Crippen LogP contribution in [0.3, 0.4) is 0 Å². The zero-order valence-corrected chi connectivity index (χ0v) is 16.4. The van der Waals surface area contributed by atoms with Crippen LogP contribution in [0.15, 0.2) is 54.6 Å². The van der Waals surface area contributed by atoms with E-state index < -0.39 is 0 Å². The monoisotopic (exact) mass is 382 g/mol. The second-order valence-corrected chi connectivity index (χ2v) is 8.23. The summed E-state index contributed by atoms with van der Waals surface area (Å²) < 4.78 is 0. The molecule has 0 bridgehead atoms. The quantitative estimate of drug-likeness (QED) is 0.847. The lowest BCUT2D eigenvalue weighted by molar-refractivity contribution is -0.137. The summed E-state index contributed by atoms with van der Waals surface area (Å²) >= 11 is 0. The van der Waals surface area contributed by atoms with E-state index >= 15 is 0 Å². The Morgan fingerprint density at radius 3 is 2.37 bits per heavy atom. The van der Waals surface area contributed by atoms with Crippen molar-refractivity contribution < 1.29 is 4.79 Å². The average Bonchev–Trinajstić information content (AvgIpc) is 3.40. The topological polar surface area (TPSA) is 32.3 Å². The summed E-state index contributed by atoms with van der Waals surface area (Å²) in [5.41, 5.74) is 4.25. The molecule has 2 aromatic rings. The molecule has 3 aliphatic rings.